The van der Waals surface area contributed by atoms with Gasteiger partial charge in [0.25, 0.3) is 0 Å². The number of carbonyl (C=O) groups is 1. The van der Waals surface area contributed by atoms with Gasteiger partial charge in [-0.3, -0.25) is 9.48 Å². The average Bonchev–Trinajstić information content (AvgIpc) is 2.81. The van der Waals surface area contributed by atoms with Crippen LogP contribution in [0.15, 0.2) is 12.2 Å². The molecule has 3 heterocycles. The van der Waals surface area contributed by atoms with Gasteiger partial charge in [0.05, 0.1) is 25.8 Å². The van der Waals surface area contributed by atoms with E-state index in [4.69, 9.17) is 9.84 Å². The van der Waals surface area contributed by atoms with Crippen LogP contribution in [0.5, 0.6) is 0 Å². The molecule has 2 aliphatic heterocycles. The van der Waals surface area contributed by atoms with Crippen LogP contribution in [0, 0.1) is 0 Å². The number of aromatic nitrogens is 2. The Labute approximate surface area is 131 Å². The lowest BCUT2D eigenvalue weighted by Gasteiger charge is -2.31. The van der Waals surface area contributed by atoms with Gasteiger partial charge >= 0.3 is 0 Å². The lowest BCUT2D eigenvalue weighted by Crippen LogP contribution is -2.37. The topological polar surface area (TPSA) is 50.6 Å². The van der Waals surface area contributed by atoms with Crippen LogP contribution in [-0.2, 0) is 22.5 Å². The quantitative estimate of drug-likeness (QED) is 0.789. The highest BCUT2D eigenvalue weighted by molar-refractivity contribution is 5.74. The van der Waals surface area contributed by atoms with Gasteiger partial charge in [-0.1, -0.05) is 12.2 Å². The average molecular weight is 304 g/mol. The summed E-state index contributed by atoms with van der Waals surface area (Å²) in [5.41, 5.74) is 2.47. The van der Waals surface area contributed by atoms with Gasteiger partial charge in [0.1, 0.15) is 0 Å². The second kappa shape index (κ2) is 6.12. The number of ether oxygens (including phenoxy) is 1. The van der Waals surface area contributed by atoms with Crippen molar-refractivity contribution in [3.05, 3.63) is 23.4 Å². The third kappa shape index (κ3) is 2.63. The molecular weight excluding hydrogens is 280 g/mol. The van der Waals surface area contributed by atoms with Crippen molar-refractivity contribution in [2.75, 3.05) is 38.3 Å². The molecule has 0 bridgehead atoms. The molecule has 6 heteroatoms. The highest BCUT2D eigenvalue weighted by Gasteiger charge is 2.32. The molecule has 0 unspecified atom stereocenters. The molecule has 0 aliphatic carbocycles. The molecule has 0 N–H and O–H groups in total. The SMILES string of the molecule is C/C=C\CN(C)c1nn(C2COC2)c2c1CN(C(C)=O)CC2. The Kier molecular flexibility index (Phi) is 4.20. The zero-order valence-electron chi connectivity index (χ0n) is 13.6. The Hall–Kier alpha value is -1.82. The standard InChI is InChI=1S/C16H24N4O2/c1-4-5-7-18(3)16-14-9-19(12(2)21)8-6-15(14)20(17-16)13-10-22-11-13/h4-5,13H,6-11H2,1-3H3/b5-4-. The van der Waals surface area contributed by atoms with E-state index >= 15 is 0 Å². The van der Waals surface area contributed by atoms with E-state index in [9.17, 15) is 4.79 Å². The number of anilines is 1. The van der Waals surface area contributed by atoms with Crippen molar-refractivity contribution in [3.63, 3.8) is 0 Å². The van der Waals surface area contributed by atoms with E-state index in [1.165, 1.54) is 11.3 Å². The number of allylic oxidation sites excluding steroid dienone is 1. The Balaban J connectivity index is 1.94. The van der Waals surface area contributed by atoms with Gasteiger partial charge in [-0.25, -0.2) is 0 Å². The first-order valence-corrected chi connectivity index (χ1v) is 7.87. The number of fused-ring (bicyclic) bond motifs is 1. The van der Waals surface area contributed by atoms with Crippen molar-refractivity contribution in [1.29, 1.82) is 0 Å². The van der Waals surface area contributed by atoms with Gasteiger partial charge in [-0.05, 0) is 6.92 Å². The van der Waals surface area contributed by atoms with E-state index in [1.807, 2.05) is 17.9 Å². The van der Waals surface area contributed by atoms with Gasteiger partial charge in [0, 0.05) is 44.7 Å². The Morgan fingerprint density at radius 3 is 2.86 bits per heavy atom. The van der Waals surface area contributed by atoms with E-state index in [1.54, 1.807) is 6.92 Å². The van der Waals surface area contributed by atoms with Crippen LogP contribution in [0.25, 0.3) is 0 Å². The van der Waals surface area contributed by atoms with E-state index in [-0.39, 0.29) is 5.91 Å². The van der Waals surface area contributed by atoms with Crippen molar-refractivity contribution in [2.45, 2.75) is 32.9 Å². The molecule has 1 saturated heterocycles. The van der Waals surface area contributed by atoms with E-state index in [0.29, 0.717) is 12.6 Å². The maximum atomic E-state index is 11.7. The molecule has 0 atom stereocenters. The summed E-state index contributed by atoms with van der Waals surface area (Å²) in [5.74, 6) is 1.12. The van der Waals surface area contributed by atoms with Crippen molar-refractivity contribution < 1.29 is 9.53 Å². The lowest BCUT2D eigenvalue weighted by atomic mass is 10.1. The van der Waals surface area contributed by atoms with Crippen molar-refractivity contribution >= 4 is 11.7 Å². The molecule has 3 rings (SSSR count). The fraction of sp³-hybridized carbons (Fsp3) is 0.625. The van der Waals surface area contributed by atoms with Gasteiger partial charge < -0.3 is 14.5 Å². The minimum Gasteiger partial charge on any atom is -0.377 e. The van der Waals surface area contributed by atoms with Crippen LogP contribution in [0.1, 0.15) is 31.1 Å². The molecule has 2 aliphatic rings. The third-order valence-corrected chi connectivity index (χ3v) is 4.45. The zero-order valence-corrected chi connectivity index (χ0v) is 13.6. The molecule has 1 amide bonds. The molecule has 1 fully saturated rings. The minimum atomic E-state index is 0.132. The summed E-state index contributed by atoms with van der Waals surface area (Å²) in [4.78, 5) is 15.8. The molecule has 6 nitrogen and oxygen atoms in total. The predicted octanol–water partition coefficient (Wildman–Crippen LogP) is 1.37. The summed E-state index contributed by atoms with van der Waals surface area (Å²) in [6.07, 6.45) is 5.03. The minimum absolute atomic E-state index is 0.132. The maximum absolute atomic E-state index is 11.7. The summed E-state index contributed by atoms with van der Waals surface area (Å²) >= 11 is 0. The number of hydrogen-bond acceptors (Lipinski definition) is 4. The summed E-state index contributed by atoms with van der Waals surface area (Å²) in [6, 6.07) is 0.349. The normalized spacial score (nSPS) is 18.4. The van der Waals surface area contributed by atoms with E-state index < -0.39 is 0 Å². The Morgan fingerprint density at radius 2 is 2.27 bits per heavy atom. The first-order chi connectivity index (χ1) is 10.6. The monoisotopic (exact) mass is 304 g/mol. The molecule has 1 aromatic rings. The molecule has 22 heavy (non-hydrogen) atoms. The van der Waals surface area contributed by atoms with E-state index in [2.05, 4.69) is 22.7 Å². The van der Waals surface area contributed by atoms with Gasteiger partial charge in [-0.2, -0.15) is 5.10 Å². The van der Waals surface area contributed by atoms with Gasteiger partial charge in [-0.15, -0.1) is 0 Å². The van der Waals surface area contributed by atoms with Crippen LogP contribution >= 0.6 is 0 Å². The number of carbonyl (C=O) groups excluding carboxylic acids is 1. The fourth-order valence-corrected chi connectivity index (χ4v) is 3.02. The summed E-state index contributed by atoms with van der Waals surface area (Å²) in [7, 11) is 2.05. The molecular formula is C16H24N4O2. The van der Waals surface area contributed by atoms with Crippen LogP contribution in [0.3, 0.4) is 0 Å². The Morgan fingerprint density at radius 1 is 1.50 bits per heavy atom. The van der Waals surface area contributed by atoms with Crippen LogP contribution in [0.2, 0.25) is 0 Å². The second-order valence-corrected chi connectivity index (χ2v) is 6.02. The van der Waals surface area contributed by atoms with Gasteiger partial charge in [0.2, 0.25) is 5.91 Å². The number of nitrogens with zero attached hydrogens (tertiary/aromatic N) is 4. The number of rotatable bonds is 4. The molecule has 1 aromatic heterocycles. The van der Waals surface area contributed by atoms with Crippen LogP contribution < -0.4 is 4.90 Å². The number of likely N-dealkylation sites (N-methyl/N-ethyl adjacent to an activating group) is 1. The van der Waals surface area contributed by atoms with Crippen molar-refractivity contribution in [2.24, 2.45) is 0 Å². The summed E-state index contributed by atoms with van der Waals surface area (Å²) in [6.45, 7) is 7.39. The van der Waals surface area contributed by atoms with Crippen molar-refractivity contribution in [1.82, 2.24) is 14.7 Å². The fourth-order valence-electron chi connectivity index (χ4n) is 3.02. The van der Waals surface area contributed by atoms with Crippen LogP contribution in [0.4, 0.5) is 5.82 Å². The number of amides is 1. The predicted molar refractivity (Wildman–Crippen MR) is 85.0 cm³/mol. The summed E-state index contributed by atoms with van der Waals surface area (Å²) in [5, 5.41) is 4.85. The largest absolute Gasteiger partial charge is 0.377 e. The Bertz CT molecular complexity index is 589. The summed E-state index contributed by atoms with van der Waals surface area (Å²) < 4.78 is 7.46. The zero-order chi connectivity index (χ0) is 15.7. The molecule has 0 radical (unpaired) electrons. The second-order valence-electron chi connectivity index (χ2n) is 6.02. The molecule has 0 aromatic carbocycles. The van der Waals surface area contributed by atoms with Gasteiger partial charge in [0.15, 0.2) is 5.82 Å². The lowest BCUT2D eigenvalue weighted by molar-refractivity contribution is -0.129. The smallest absolute Gasteiger partial charge is 0.219 e. The van der Waals surface area contributed by atoms with Crippen LogP contribution in [-0.4, -0.2) is 53.9 Å². The highest BCUT2D eigenvalue weighted by atomic mass is 16.5. The van der Waals surface area contributed by atoms with E-state index in [0.717, 1.165) is 38.5 Å². The molecule has 0 saturated carbocycles. The number of hydrogen-bond donors (Lipinski definition) is 0. The third-order valence-electron chi connectivity index (χ3n) is 4.45. The first-order valence-electron chi connectivity index (χ1n) is 7.87. The van der Waals surface area contributed by atoms with Crippen molar-refractivity contribution in [3.8, 4) is 0 Å². The first kappa shape index (κ1) is 15.1. The molecule has 0 spiro atoms. The highest BCUT2D eigenvalue weighted by Crippen LogP contribution is 2.32. The maximum Gasteiger partial charge on any atom is 0.219 e. The molecule has 120 valence electrons.